The Bertz CT molecular complexity index is 1160. The van der Waals surface area contributed by atoms with Crippen LogP contribution in [0, 0.1) is 0 Å². The SMILES string of the molecule is COc1ccc(OC)c(CC(=O)N2CCCC(c3nc4ccccc4cc3C(N)=O)C2)c1. The van der Waals surface area contributed by atoms with Crippen LogP contribution in [-0.4, -0.2) is 49.0 Å². The van der Waals surface area contributed by atoms with Crippen molar-refractivity contribution in [2.24, 2.45) is 5.73 Å². The van der Waals surface area contributed by atoms with E-state index in [4.69, 9.17) is 20.2 Å². The van der Waals surface area contributed by atoms with Crippen LogP contribution in [0.15, 0.2) is 48.5 Å². The van der Waals surface area contributed by atoms with Gasteiger partial charge in [-0.1, -0.05) is 18.2 Å². The van der Waals surface area contributed by atoms with Crippen molar-refractivity contribution in [1.82, 2.24) is 9.88 Å². The molecule has 32 heavy (non-hydrogen) atoms. The van der Waals surface area contributed by atoms with E-state index in [1.54, 1.807) is 26.4 Å². The second kappa shape index (κ2) is 9.26. The zero-order valence-electron chi connectivity index (χ0n) is 18.3. The van der Waals surface area contributed by atoms with Crippen LogP contribution in [0.3, 0.4) is 0 Å². The molecule has 2 N–H and O–H groups in total. The van der Waals surface area contributed by atoms with Crippen molar-refractivity contribution in [1.29, 1.82) is 0 Å². The Balaban J connectivity index is 1.58. The van der Waals surface area contributed by atoms with Crippen LogP contribution in [0.1, 0.15) is 40.4 Å². The number of nitrogens with two attached hydrogens (primary N) is 1. The number of ether oxygens (including phenoxy) is 2. The number of pyridine rings is 1. The lowest BCUT2D eigenvalue weighted by molar-refractivity contribution is -0.131. The number of nitrogens with zero attached hydrogens (tertiary/aromatic N) is 2. The van der Waals surface area contributed by atoms with Crippen molar-refractivity contribution >= 4 is 22.7 Å². The number of para-hydroxylation sites is 1. The van der Waals surface area contributed by atoms with Crippen molar-refractivity contribution < 1.29 is 19.1 Å². The number of aromatic nitrogens is 1. The average molecular weight is 434 g/mol. The van der Waals surface area contributed by atoms with E-state index in [-0.39, 0.29) is 18.2 Å². The number of likely N-dealkylation sites (tertiary alicyclic amines) is 1. The van der Waals surface area contributed by atoms with Crippen LogP contribution in [0.25, 0.3) is 10.9 Å². The first-order valence-electron chi connectivity index (χ1n) is 10.7. The summed E-state index contributed by atoms with van der Waals surface area (Å²) in [7, 11) is 3.18. The van der Waals surface area contributed by atoms with E-state index in [2.05, 4.69) is 0 Å². The molecule has 2 heterocycles. The van der Waals surface area contributed by atoms with Crippen molar-refractivity contribution in [2.45, 2.75) is 25.2 Å². The van der Waals surface area contributed by atoms with Crippen LogP contribution >= 0.6 is 0 Å². The van der Waals surface area contributed by atoms with Gasteiger partial charge in [0, 0.05) is 30.0 Å². The Hall–Kier alpha value is -3.61. The number of amides is 2. The minimum Gasteiger partial charge on any atom is -0.497 e. The number of rotatable bonds is 6. The maximum atomic E-state index is 13.2. The maximum Gasteiger partial charge on any atom is 0.250 e. The van der Waals surface area contributed by atoms with E-state index in [0.29, 0.717) is 35.8 Å². The predicted octanol–water partition coefficient (Wildman–Crippen LogP) is 3.30. The molecule has 1 aromatic heterocycles. The molecule has 1 saturated heterocycles. The molecule has 0 saturated carbocycles. The van der Waals surface area contributed by atoms with Gasteiger partial charge in [0.05, 0.1) is 37.4 Å². The van der Waals surface area contributed by atoms with E-state index in [1.807, 2.05) is 41.3 Å². The Morgan fingerprint density at radius 1 is 1.12 bits per heavy atom. The number of piperidine rings is 1. The van der Waals surface area contributed by atoms with Crippen molar-refractivity contribution in [2.75, 3.05) is 27.3 Å². The summed E-state index contributed by atoms with van der Waals surface area (Å²) in [4.78, 5) is 31.9. The fraction of sp³-hybridized carbons (Fsp3) is 0.320. The third-order valence-electron chi connectivity index (χ3n) is 6.01. The van der Waals surface area contributed by atoms with Crippen LogP contribution in [0.4, 0.5) is 0 Å². The molecule has 1 fully saturated rings. The molecule has 2 amide bonds. The third kappa shape index (κ3) is 4.37. The molecule has 1 aliphatic rings. The highest BCUT2D eigenvalue weighted by molar-refractivity contribution is 5.97. The summed E-state index contributed by atoms with van der Waals surface area (Å²) >= 11 is 0. The lowest BCUT2D eigenvalue weighted by atomic mass is 9.90. The van der Waals surface area contributed by atoms with Gasteiger partial charge in [-0.25, -0.2) is 0 Å². The minimum absolute atomic E-state index is 0.00247. The molecular formula is C25H27N3O4. The first-order chi connectivity index (χ1) is 15.5. The highest BCUT2D eigenvalue weighted by atomic mass is 16.5. The molecule has 1 atom stereocenters. The summed E-state index contributed by atoms with van der Waals surface area (Å²) in [5, 5.41) is 0.874. The summed E-state index contributed by atoms with van der Waals surface area (Å²) in [6, 6.07) is 14.9. The van der Waals surface area contributed by atoms with E-state index < -0.39 is 5.91 Å². The monoisotopic (exact) mass is 433 g/mol. The van der Waals surface area contributed by atoms with Gasteiger partial charge in [0.1, 0.15) is 11.5 Å². The Kier molecular flexibility index (Phi) is 6.25. The number of methoxy groups -OCH3 is 2. The van der Waals surface area contributed by atoms with Crippen LogP contribution < -0.4 is 15.2 Å². The first-order valence-corrected chi connectivity index (χ1v) is 10.7. The summed E-state index contributed by atoms with van der Waals surface area (Å²) in [6.07, 6.45) is 1.89. The molecule has 0 spiro atoms. The van der Waals surface area contributed by atoms with Crippen LogP contribution in [-0.2, 0) is 11.2 Å². The van der Waals surface area contributed by atoms with Gasteiger partial charge in [-0.3, -0.25) is 14.6 Å². The molecule has 3 aromatic rings. The van der Waals surface area contributed by atoms with Crippen LogP contribution in [0.2, 0.25) is 0 Å². The smallest absolute Gasteiger partial charge is 0.250 e. The van der Waals surface area contributed by atoms with Gasteiger partial charge in [-0.15, -0.1) is 0 Å². The molecule has 0 aliphatic carbocycles. The lowest BCUT2D eigenvalue weighted by Crippen LogP contribution is -2.40. The third-order valence-corrected chi connectivity index (χ3v) is 6.01. The van der Waals surface area contributed by atoms with E-state index >= 15 is 0 Å². The molecule has 0 radical (unpaired) electrons. The highest BCUT2D eigenvalue weighted by Gasteiger charge is 2.29. The zero-order chi connectivity index (χ0) is 22.7. The summed E-state index contributed by atoms with van der Waals surface area (Å²) in [5.41, 5.74) is 8.38. The number of carbonyl (C=O) groups excluding carboxylic acids is 2. The number of benzene rings is 2. The van der Waals surface area contributed by atoms with Gasteiger partial charge < -0.3 is 20.1 Å². The zero-order valence-corrected chi connectivity index (χ0v) is 18.3. The molecule has 7 heteroatoms. The summed E-state index contributed by atoms with van der Waals surface area (Å²) in [5.74, 6) is 0.786. The Morgan fingerprint density at radius 3 is 2.69 bits per heavy atom. The van der Waals surface area contributed by atoms with Gasteiger partial charge in [-0.2, -0.15) is 0 Å². The fourth-order valence-corrected chi connectivity index (χ4v) is 4.36. The van der Waals surface area contributed by atoms with Crippen molar-refractivity contribution in [3.8, 4) is 11.5 Å². The minimum atomic E-state index is -0.497. The predicted molar refractivity (Wildman–Crippen MR) is 122 cm³/mol. The van der Waals surface area contributed by atoms with Gasteiger partial charge in [0.25, 0.3) is 5.91 Å². The first kappa shape index (κ1) is 21.6. The van der Waals surface area contributed by atoms with Crippen molar-refractivity contribution in [3.63, 3.8) is 0 Å². The largest absolute Gasteiger partial charge is 0.497 e. The molecular weight excluding hydrogens is 406 g/mol. The average Bonchev–Trinajstić information content (AvgIpc) is 2.83. The highest BCUT2D eigenvalue weighted by Crippen LogP contribution is 2.31. The van der Waals surface area contributed by atoms with E-state index in [9.17, 15) is 9.59 Å². The fourth-order valence-electron chi connectivity index (χ4n) is 4.36. The molecule has 1 unspecified atom stereocenters. The second-order valence-corrected chi connectivity index (χ2v) is 8.01. The number of primary amides is 1. The Labute approximate surface area is 187 Å². The summed E-state index contributed by atoms with van der Waals surface area (Å²) < 4.78 is 10.7. The molecule has 7 nitrogen and oxygen atoms in total. The van der Waals surface area contributed by atoms with E-state index in [0.717, 1.165) is 29.3 Å². The molecule has 166 valence electrons. The molecule has 1 aliphatic heterocycles. The molecule has 4 rings (SSSR count). The van der Waals surface area contributed by atoms with Gasteiger partial charge in [-0.05, 0) is 43.2 Å². The van der Waals surface area contributed by atoms with Crippen LogP contribution in [0.5, 0.6) is 11.5 Å². The normalized spacial score (nSPS) is 16.1. The van der Waals surface area contributed by atoms with Gasteiger partial charge >= 0.3 is 0 Å². The maximum absolute atomic E-state index is 13.2. The van der Waals surface area contributed by atoms with Gasteiger partial charge in [0.15, 0.2) is 0 Å². The quantitative estimate of drug-likeness (QED) is 0.644. The van der Waals surface area contributed by atoms with E-state index in [1.165, 1.54) is 0 Å². The number of hydrogen-bond donors (Lipinski definition) is 1. The number of fused-ring (bicyclic) bond motifs is 1. The topological polar surface area (TPSA) is 94.8 Å². The molecule has 0 bridgehead atoms. The number of hydrogen-bond acceptors (Lipinski definition) is 5. The molecule has 2 aromatic carbocycles. The van der Waals surface area contributed by atoms with Gasteiger partial charge in [0.2, 0.25) is 5.91 Å². The lowest BCUT2D eigenvalue weighted by Gasteiger charge is -2.33. The second-order valence-electron chi connectivity index (χ2n) is 8.01. The standard InChI is InChI=1S/C25H27N3O4/c1-31-19-9-10-22(32-2)18(12-19)14-23(29)28-11-5-7-17(15-28)24-20(25(26)30)13-16-6-3-4-8-21(16)27-24/h3-4,6,8-10,12-13,17H,5,7,11,14-15H2,1-2H3,(H2,26,30). The summed E-state index contributed by atoms with van der Waals surface area (Å²) in [6.45, 7) is 1.16. The van der Waals surface area contributed by atoms with Crippen molar-refractivity contribution in [3.05, 3.63) is 65.4 Å². The Morgan fingerprint density at radius 2 is 1.94 bits per heavy atom. The number of carbonyl (C=O) groups is 2.